The van der Waals surface area contributed by atoms with Crippen molar-refractivity contribution in [1.29, 1.82) is 0 Å². The number of hydrogen-bond donors (Lipinski definition) is 1. The van der Waals surface area contributed by atoms with Gasteiger partial charge in [0.05, 0.1) is 7.11 Å². The fraction of sp³-hybridized carbons (Fsp3) is 0.667. The van der Waals surface area contributed by atoms with E-state index >= 15 is 0 Å². The largest absolute Gasteiger partial charge is 0.496 e. The Kier molecular flexibility index (Phi) is 5.65. The fourth-order valence-corrected chi connectivity index (χ4v) is 3.52. The molecule has 0 spiro atoms. The average molecular weight is 290 g/mol. The highest BCUT2D eigenvalue weighted by atomic mass is 16.5. The van der Waals surface area contributed by atoms with Crippen LogP contribution in [-0.4, -0.2) is 38.2 Å². The number of aryl methyl sites for hydroxylation is 2. The molecule has 1 unspecified atom stereocenters. The number of hydrogen-bond acceptors (Lipinski definition) is 3. The van der Waals surface area contributed by atoms with E-state index in [0.717, 1.165) is 12.3 Å². The molecule has 1 aromatic carbocycles. The molecule has 1 aliphatic rings. The summed E-state index contributed by atoms with van der Waals surface area (Å²) < 4.78 is 5.63. The molecule has 2 N–H and O–H groups in total. The molecule has 118 valence electrons. The molecule has 1 saturated heterocycles. The van der Waals surface area contributed by atoms with Crippen molar-refractivity contribution in [3.8, 4) is 5.75 Å². The highest BCUT2D eigenvalue weighted by Crippen LogP contribution is 2.37. The minimum Gasteiger partial charge on any atom is -0.496 e. The summed E-state index contributed by atoms with van der Waals surface area (Å²) in [4.78, 5) is 2.53. The maximum atomic E-state index is 6.15. The van der Waals surface area contributed by atoms with Crippen LogP contribution in [0.25, 0.3) is 0 Å². The molecule has 0 aliphatic carbocycles. The molecule has 1 aliphatic heterocycles. The van der Waals surface area contributed by atoms with Crippen LogP contribution < -0.4 is 10.5 Å². The summed E-state index contributed by atoms with van der Waals surface area (Å²) in [5.74, 6) is 2.10. The SMILES string of the molecule is CCN1CCC(C(CN)c2cc(C)c(C)cc2OC)CC1. The molecule has 3 nitrogen and oxygen atoms in total. The van der Waals surface area contributed by atoms with Crippen LogP contribution in [-0.2, 0) is 0 Å². The summed E-state index contributed by atoms with van der Waals surface area (Å²) in [7, 11) is 1.76. The first-order valence-electron chi connectivity index (χ1n) is 8.18. The first-order valence-corrected chi connectivity index (χ1v) is 8.18. The van der Waals surface area contributed by atoms with Gasteiger partial charge in [-0.2, -0.15) is 0 Å². The molecule has 0 aromatic heterocycles. The van der Waals surface area contributed by atoms with E-state index in [4.69, 9.17) is 10.5 Å². The van der Waals surface area contributed by atoms with Crippen molar-refractivity contribution in [2.45, 2.75) is 39.5 Å². The Morgan fingerprint density at radius 2 is 1.86 bits per heavy atom. The number of nitrogens with zero attached hydrogens (tertiary/aromatic N) is 1. The van der Waals surface area contributed by atoms with Gasteiger partial charge < -0.3 is 15.4 Å². The summed E-state index contributed by atoms with van der Waals surface area (Å²) in [5, 5.41) is 0. The van der Waals surface area contributed by atoms with Gasteiger partial charge in [0.2, 0.25) is 0 Å². The second kappa shape index (κ2) is 7.28. The number of rotatable bonds is 5. The van der Waals surface area contributed by atoms with E-state index in [1.807, 2.05) is 0 Å². The summed E-state index contributed by atoms with van der Waals surface area (Å²) in [5.41, 5.74) is 10.1. The minimum atomic E-state index is 0.415. The van der Waals surface area contributed by atoms with Crippen molar-refractivity contribution < 1.29 is 4.74 Å². The molecule has 1 heterocycles. The van der Waals surface area contributed by atoms with E-state index < -0.39 is 0 Å². The lowest BCUT2D eigenvalue weighted by Gasteiger charge is -2.36. The Labute approximate surface area is 129 Å². The molecule has 1 fully saturated rings. The zero-order chi connectivity index (χ0) is 15.4. The van der Waals surface area contributed by atoms with E-state index in [1.165, 1.54) is 42.6 Å². The van der Waals surface area contributed by atoms with Crippen molar-refractivity contribution in [3.05, 3.63) is 28.8 Å². The molecular weight excluding hydrogens is 260 g/mol. The summed E-state index contributed by atoms with van der Waals surface area (Å²) in [6.07, 6.45) is 2.48. The third kappa shape index (κ3) is 3.58. The Morgan fingerprint density at radius 3 is 2.38 bits per heavy atom. The van der Waals surface area contributed by atoms with Crippen LogP contribution in [0.4, 0.5) is 0 Å². The highest BCUT2D eigenvalue weighted by molar-refractivity contribution is 5.44. The minimum absolute atomic E-state index is 0.415. The first kappa shape index (κ1) is 16.3. The lowest BCUT2D eigenvalue weighted by molar-refractivity contribution is 0.175. The van der Waals surface area contributed by atoms with Crippen LogP contribution in [0.5, 0.6) is 5.75 Å². The van der Waals surface area contributed by atoms with E-state index in [2.05, 4.69) is 37.8 Å². The van der Waals surface area contributed by atoms with Gasteiger partial charge in [-0.25, -0.2) is 0 Å². The summed E-state index contributed by atoms with van der Waals surface area (Å²) >= 11 is 0. The topological polar surface area (TPSA) is 38.5 Å². The third-order valence-electron chi connectivity index (χ3n) is 5.15. The standard InChI is InChI=1S/C18H30N2O/c1-5-20-8-6-15(7-9-20)17(12-19)16-10-13(2)14(3)11-18(16)21-4/h10-11,15,17H,5-9,12,19H2,1-4H3. The van der Waals surface area contributed by atoms with Gasteiger partial charge >= 0.3 is 0 Å². The molecule has 21 heavy (non-hydrogen) atoms. The van der Waals surface area contributed by atoms with Crippen molar-refractivity contribution in [2.24, 2.45) is 11.7 Å². The first-order chi connectivity index (χ1) is 10.1. The molecule has 3 heteroatoms. The van der Waals surface area contributed by atoms with Crippen LogP contribution in [0.1, 0.15) is 42.4 Å². The lowest BCUT2D eigenvalue weighted by Crippen LogP contribution is -2.37. The molecule has 0 radical (unpaired) electrons. The third-order valence-corrected chi connectivity index (χ3v) is 5.15. The summed E-state index contributed by atoms with van der Waals surface area (Å²) in [6.45, 7) is 10.8. The monoisotopic (exact) mass is 290 g/mol. The van der Waals surface area contributed by atoms with Gasteiger partial charge in [0, 0.05) is 5.92 Å². The van der Waals surface area contributed by atoms with E-state index in [-0.39, 0.29) is 0 Å². The zero-order valence-corrected chi connectivity index (χ0v) is 14.0. The Balaban J connectivity index is 2.23. The number of nitrogens with two attached hydrogens (primary N) is 1. The molecule has 0 bridgehead atoms. The number of likely N-dealkylation sites (tertiary alicyclic amines) is 1. The average Bonchev–Trinajstić information content (AvgIpc) is 2.51. The van der Waals surface area contributed by atoms with Gasteiger partial charge in [-0.15, -0.1) is 0 Å². The molecule has 0 saturated carbocycles. The molecule has 1 atom stereocenters. The lowest BCUT2D eigenvalue weighted by atomic mass is 9.79. The molecule has 2 rings (SSSR count). The molecule has 0 amide bonds. The second-order valence-electron chi connectivity index (χ2n) is 6.29. The number of piperidine rings is 1. The van der Waals surface area contributed by atoms with Crippen molar-refractivity contribution >= 4 is 0 Å². The van der Waals surface area contributed by atoms with Crippen molar-refractivity contribution in [2.75, 3.05) is 33.3 Å². The van der Waals surface area contributed by atoms with E-state index in [0.29, 0.717) is 18.4 Å². The van der Waals surface area contributed by atoms with E-state index in [1.54, 1.807) is 7.11 Å². The van der Waals surface area contributed by atoms with Gasteiger partial charge in [0.15, 0.2) is 0 Å². The van der Waals surface area contributed by atoms with Gasteiger partial charge in [0.25, 0.3) is 0 Å². The Hall–Kier alpha value is -1.06. The van der Waals surface area contributed by atoms with Crippen molar-refractivity contribution in [3.63, 3.8) is 0 Å². The highest BCUT2D eigenvalue weighted by Gasteiger charge is 2.28. The second-order valence-corrected chi connectivity index (χ2v) is 6.29. The maximum absolute atomic E-state index is 6.15. The predicted octanol–water partition coefficient (Wildman–Crippen LogP) is 3.09. The molecular formula is C18H30N2O. The van der Waals surface area contributed by atoms with Crippen molar-refractivity contribution in [1.82, 2.24) is 4.90 Å². The van der Waals surface area contributed by atoms with Crippen LogP contribution in [0, 0.1) is 19.8 Å². The number of methoxy groups -OCH3 is 1. The fourth-order valence-electron chi connectivity index (χ4n) is 3.52. The number of ether oxygens (including phenoxy) is 1. The molecule has 1 aromatic rings. The van der Waals surface area contributed by atoms with Gasteiger partial charge in [-0.3, -0.25) is 0 Å². The van der Waals surface area contributed by atoms with E-state index in [9.17, 15) is 0 Å². The Morgan fingerprint density at radius 1 is 1.24 bits per heavy atom. The Bertz CT molecular complexity index is 465. The van der Waals surface area contributed by atoms with Crippen LogP contribution in [0.2, 0.25) is 0 Å². The van der Waals surface area contributed by atoms with Crippen LogP contribution >= 0.6 is 0 Å². The predicted molar refractivity (Wildman–Crippen MR) is 89.1 cm³/mol. The quantitative estimate of drug-likeness (QED) is 0.905. The van der Waals surface area contributed by atoms with Gasteiger partial charge in [-0.1, -0.05) is 13.0 Å². The summed E-state index contributed by atoms with van der Waals surface area (Å²) in [6, 6.07) is 4.45. The maximum Gasteiger partial charge on any atom is 0.122 e. The smallest absolute Gasteiger partial charge is 0.122 e. The normalized spacial score (nSPS) is 18.7. The van der Waals surface area contributed by atoms with Gasteiger partial charge in [-0.05, 0) is 81.5 Å². The number of benzene rings is 1. The zero-order valence-electron chi connectivity index (χ0n) is 14.0. The van der Waals surface area contributed by atoms with Gasteiger partial charge in [0.1, 0.15) is 5.75 Å². The van der Waals surface area contributed by atoms with Crippen LogP contribution in [0.3, 0.4) is 0 Å². The van der Waals surface area contributed by atoms with Crippen LogP contribution in [0.15, 0.2) is 12.1 Å².